The third-order valence-electron chi connectivity index (χ3n) is 9.32. The zero-order chi connectivity index (χ0) is 30.4. The molecule has 7 heterocycles. The number of nitrogens with one attached hydrogen (secondary N) is 1. The lowest BCUT2D eigenvalue weighted by atomic mass is 9.96. The van der Waals surface area contributed by atoms with Crippen molar-refractivity contribution >= 4 is 78.0 Å². The summed E-state index contributed by atoms with van der Waals surface area (Å²) in [6, 6.07) is 20.8. The fourth-order valence-electron chi connectivity index (χ4n) is 7.20. The van der Waals surface area contributed by atoms with Crippen LogP contribution in [0, 0.1) is 0 Å². The molecule has 1 atom stereocenters. The summed E-state index contributed by atoms with van der Waals surface area (Å²) in [5.41, 5.74) is 8.56. The highest BCUT2D eigenvalue weighted by molar-refractivity contribution is 6.15. The first kappa shape index (κ1) is 25.2. The average Bonchev–Trinajstić information content (AvgIpc) is 3.76. The van der Waals surface area contributed by atoms with Crippen LogP contribution in [-0.4, -0.2) is 26.1 Å². The van der Waals surface area contributed by atoms with Gasteiger partial charge in [0.05, 0.1) is 11.6 Å². The molecule has 46 heavy (non-hydrogen) atoms. The van der Waals surface area contributed by atoms with Crippen LogP contribution in [0.2, 0.25) is 0 Å². The average molecular weight is 599 g/mol. The fraction of sp³-hybridized carbons (Fsp3) is 0.0789. The van der Waals surface area contributed by atoms with Crippen LogP contribution in [0.25, 0.3) is 66.5 Å². The molecule has 8 nitrogen and oxygen atoms in total. The topological polar surface area (TPSA) is 85.1 Å². The minimum Gasteiger partial charge on any atom is -0.452 e. The van der Waals surface area contributed by atoms with E-state index >= 15 is 0 Å². The molecule has 1 N–H and O–H groups in total. The van der Waals surface area contributed by atoms with Crippen LogP contribution in [0.5, 0.6) is 0 Å². The molecule has 1 aliphatic carbocycles. The van der Waals surface area contributed by atoms with Gasteiger partial charge in [-0.05, 0) is 72.3 Å². The summed E-state index contributed by atoms with van der Waals surface area (Å²) in [6.07, 6.45) is 16.5. The van der Waals surface area contributed by atoms with Crippen LogP contribution >= 0.6 is 0 Å². The van der Waals surface area contributed by atoms with Crippen LogP contribution in [0.15, 0.2) is 119 Å². The molecule has 0 bridgehead atoms. The van der Waals surface area contributed by atoms with Crippen molar-refractivity contribution in [1.82, 2.24) is 24.8 Å². The summed E-state index contributed by atoms with van der Waals surface area (Å²) < 4.78 is 15.4. The van der Waals surface area contributed by atoms with Crippen LogP contribution in [-0.2, 0) is 6.42 Å². The van der Waals surface area contributed by atoms with Gasteiger partial charge < -0.3 is 18.7 Å². The monoisotopic (exact) mass is 598 g/mol. The zero-order valence-electron chi connectivity index (χ0n) is 24.6. The Morgan fingerprint density at radius 1 is 0.848 bits per heavy atom. The van der Waals surface area contributed by atoms with Gasteiger partial charge in [-0.3, -0.25) is 9.88 Å². The van der Waals surface area contributed by atoms with Crippen molar-refractivity contribution in [3.63, 3.8) is 0 Å². The molecule has 6 aromatic heterocycles. The van der Waals surface area contributed by atoms with Crippen molar-refractivity contribution in [2.24, 2.45) is 0 Å². The van der Waals surface area contributed by atoms with Gasteiger partial charge in [0.15, 0.2) is 11.2 Å². The highest BCUT2D eigenvalue weighted by atomic mass is 16.4. The molecule has 8 heteroatoms. The Hall–Kier alpha value is -6.15. The summed E-state index contributed by atoms with van der Waals surface area (Å²) >= 11 is 0. The maximum Gasteiger partial charge on any atom is 0.178 e. The van der Waals surface area contributed by atoms with Crippen molar-refractivity contribution in [2.75, 3.05) is 11.4 Å². The van der Waals surface area contributed by atoms with Crippen LogP contribution in [0.3, 0.4) is 0 Å². The molecule has 0 radical (unpaired) electrons. The number of benzene rings is 2. The summed E-state index contributed by atoms with van der Waals surface area (Å²) in [5.74, 6) is 1.71. The molecule has 0 saturated heterocycles. The van der Waals surface area contributed by atoms with E-state index in [-0.39, 0.29) is 6.04 Å². The highest BCUT2D eigenvalue weighted by Crippen LogP contribution is 2.43. The maximum atomic E-state index is 6.54. The Kier molecular flexibility index (Phi) is 5.16. The van der Waals surface area contributed by atoms with Gasteiger partial charge in [0, 0.05) is 93.9 Å². The SMILES string of the molecule is C=C1CN/C=C\N(c2ccc3oc4c(ccc5c6c(oc54)C=CC(n4c5ccncc5c5cccnc54)C6)c3c2)c2ncccc21. The van der Waals surface area contributed by atoms with Crippen LogP contribution < -0.4 is 10.2 Å². The molecule has 8 aromatic rings. The van der Waals surface area contributed by atoms with Gasteiger partial charge in [0.25, 0.3) is 0 Å². The molecular weight excluding hydrogens is 572 g/mol. The van der Waals surface area contributed by atoms with Gasteiger partial charge in [-0.15, -0.1) is 0 Å². The van der Waals surface area contributed by atoms with Crippen LogP contribution in [0.4, 0.5) is 11.5 Å². The van der Waals surface area contributed by atoms with Gasteiger partial charge in [-0.1, -0.05) is 12.7 Å². The molecular formula is C38H26N6O2. The van der Waals surface area contributed by atoms with Gasteiger partial charge in [-0.25, -0.2) is 9.97 Å². The second kappa shape index (κ2) is 9.42. The first-order valence-electron chi connectivity index (χ1n) is 15.3. The standard InChI is InChI=1S/C38H26N6O2/c1-22-20-40-16-17-43(37-25(22)4-2-13-41-37)23-6-10-33-29(18-23)26-8-9-27-30-19-24(7-11-34(30)46-36(27)35(26)45-33)44-32-12-15-39-21-31(32)28-5-3-14-42-38(28)44/h2-18,21,24,40H,1,19-20H2/b17-16-. The second-order valence-corrected chi connectivity index (χ2v) is 11.9. The Balaban J connectivity index is 1.09. The number of nitrogens with zero attached hydrogens (tertiary/aromatic N) is 5. The number of furan rings is 2. The smallest absolute Gasteiger partial charge is 0.178 e. The van der Waals surface area contributed by atoms with E-state index < -0.39 is 0 Å². The van der Waals surface area contributed by atoms with E-state index in [4.69, 9.17) is 18.8 Å². The lowest BCUT2D eigenvalue weighted by Gasteiger charge is -2.25. The number of aromatic nitrogens is 4. The molecule has 1 unspecified atom stereocenters. The molecule has 0 spiro atoms. The summed E-state index contributed by atoms with van der Waals surface area (Å²) in [6.45, 7) is 4.94. The number of anilines is 2. The third kappa shape index (κ3) is 3.52. The first-order chi connectivity index (χ1) is 22.7. The van der Waals surface area contributed by atoms with E-state index in [1.165, 1.54) is 5.56 Å². The van der Waals surface area contributed by atoms with Crippen molar-refractivity contribution in [1.29, 1.82) is 0 Å². The molecule has 1 aliphatic heterocycles. The predicted molar refractivity (Wildman–Crippen MR) is 183 cm³/mol. The lowest BCUT2D eigenvalue weighted by molar-refractivity contribution is 0.566. The van der Waals surface area contributed by atoms with Crippen molar-refractivity contribution in [2.45, 2.75) is 12.5 Å². The summed E-state index contributed by atoms with van der Waals surface area (Å²) in [4.78, 5) is 16.0. The molecule has 0 fully saturated rings. The van der Waals surface area contributed by atoms with Gasteiger partial charge in [-0.2, -0.15) is 0 Å². The Morgan fingerprint density at radius 3 is 2.72 bits per heavy atom. The summed E-state index contributed by atoms with van der Waals surface area (Å²) in [7, 11) is 0. The van der Waals surface area contributed by atoms with Gasteiger partial charge in [0.2, 0.25) is 0 Å². The highest BCUT2D eigenvalue weighted by Gasteiger charge is 2.27. The molecule has 0 saturated carbocycles. The molecule has 10 rings (SSSR count). The van der Waals surface area contributed by atoms with Crippen molar-refractivity contribution < 1.29 is 8.83 Å². The van der Waals surface area contributed by atoms with Gasteiger partial charge in [0.1, 0.15) is 22.8 Å². The molecule has 0 amide bonds. The lowest BCUT2D eigenvalue weighted by Crippen LogP contribution is -2.19. The number of fused-ring (bicyclic) bond motifs is 11. The van der Waals surface area contributed by atoms with E-state index in [2.05, 4.69) is 81.0 Å². The molecule has 2 aromatic carbocycles. The van der Waals surface area contributed by atoms with E-state index in [9.17, 15) is 0 Å². The quantitative estimate of drug-likeness (QED) is 0.213. The number of hydrogen-bond donors (Lipinski definition) is 1. The third-order valence-corrected chi connectivity index (χ3v) is 9.32. The van der Waals surface area contributed by atoms with E-state index in [0.717, 1.165) is 89.7 Å². The Morgan fingerprint density at radius 2 is 1.74 bits per heavy atom. The van der Waals surface area contributed by atoms with Gasteiger partial charge >= 0.3 is 0 Å². The number of hydrogen-bond acceptors (Lipinski definition) is 7. The van der Waals surface area contributed by atoms with E-state index in [1.807, 2.05) is 55.4 Å². The minimum atomic E-state index is 0.0764. The molecule has 220 valence electrons. The predicted octanol–water partition coefficient (Wildman–Crippen LogP) is 8.66. The summed E-state index contributed by atoms with van der Waals surface area (Å²) in [5, 5.41) is 8.63. The Bertz CT molecular complexity index is 2570. The Labute approximate surface area is 262 Å². The number of allylic oxidation sites excluding steroid dienone is 1. The van der Waals surface area contributed by atoms with Crippen molar-refractivity contribution in [3.8, 4) is 0 Å². The fourth-order valence-corrected chi connectivity index (χ4v) is 7.20. The number of rotatable bonds is 2. The second-order valence-electron chi connectivity index (χ2n) is 11.9. The maximum absolute atomic E-state index is 6.54. The normalized spacial score (nSPS) is 17.0. The van der Waals surface area contributed by atoms with E-state index in [0.29, 0.717) is 6.54 Å². The van der Waals surface area contributed by atoms with E-state index in [1.54, 1.807) is 0 Å². The van der Waals surface area contributed by atoms with Crippen molar-refractivity contribution in [3.05, 3.63) is 127 Å². The first-order valence-corrected chi connectivity index (χ1v) is 15.3. The molecule has 2 aliphatic rings. The largest absolute Gasteiger partial charge is 0.452 e. The van der Waals surface area contributed by atoms with Crippen LogP contribution in [0.1, 0.15) is 22.9 Å². The zero-order valence-corrected chi connectivity index (χ0v) is 24.6. The minimum absolute atomic E-state index is 0.0764. The number of pyridine rings is 3.